The molecule has 0 aliphatic carbocycles. The maximum atomic E-state index is 3.70. The van der Waals surface area contributed by atoms with Gasteiger partial charge in [-0.3, -0.25) is 0 Å². The van der Waals surface area contributed by atoms with E-state index in [2.05, 4.69) is 53.4 Å². The Balaban J connectivity index is 2.49. The molecule has 0 aromatic heterocycles. The van der Waals surface area contributed by atoms with Crippen molar-refractivity contribution in [1.82, 2.24) is 4.90 Å². The number of nitrogens with zero attached hydrogens (tertiary/aromatic N) is 1. The Labute approximate surface area is 107 Å². The minimum absolute atomic E-state index is 0.502. The minimum atomic E-state index is 0.502. The summed E-state index contributed by atoms with van der Waals surface area (Å²) in [7, 11) is 0. The van der Waals surface area contributed by atoms with Crippen molar-refractivity contribution < 1.29 is 0 Å². The van der Waals surface area contributed by atoms with Crippen LogP contribution in [0.4, 0.5) is 0 Å². The van der Waals surface area contributed by atoms with Crippen molar-refractivity contribution in [1.29, 1.82) is 0 Å². The maximum absolute atomic E-state index is 3.70. The van der Waals surface area contributed by atoms with Gasteiger partial charge in [-0.2, -0.15) is 11.8 Å². The van der Waals surface area contributed by atoms with E-state index >= 15 is 0 Å². The lowest BCUT2D eigenvalue weighted by molar-refractivity contribution is 0.164. The summed E-state index contributed by atoms with van der Waals surface area (Å²) < 4.78 is 0. The third-order valence-electron chi connectivity index (χ3n) is 3.67. The molecule has 0 N–H and O–H groups in total. The Morgan fingerprint density at radius 3 is 2.53 bits per heavy atom. The molecule has 1 fully saturated rings. The number of hydrogen-bond donors (Lipinski definition) is 0. The van der Waals surface area contributed by atoms with Crippen LogP contribution in [-0.2, 0) is 0 Å². The van der Waals surface area contributed by atoms with Gasteiger partial charge in [0, 0.05) is 36.0 Å². The first-order valence-corrected chi connectivity index (χ1v) is 8.22. The Hall–Kier alpha value is 0.790. The average Bonchev–Trinajstić information content (AvgIpc) is 2.26. The van der Waals surface area contributed by atoms with Crippen LogP contribution in [0.5, 0.6) is 0 Å². The van der Waals surface area contributed by atoms with Gasteiger partial charge in [-0.05, 0) is 18.3 Å². The number of alkyl halides is 1. The highest BCUT2D eigenvalue weighted by Gasteiger charge is 2.29. The fourth-order valence-electron chi connectivity index (χ4n) is 2.21. The van der Waals surface area contributed by atoms with Crippen LogP contribution in [-0.4, -0.2) is 40.9 Å². The van der Waals surface area contributed by atoms with Crippen LogP contribution >= 0.6 is 27.7 Å². The van der Waals surface area contributed by atoms with Crippen LogP contribution in [0.15, 0.2) is 0 Å². The Morgan fingerprint density at radius 1 is 1.40 bits per heavy atom. The van der Waals surface area contributed by atoms with Crippen LogP contribution in [0.1, 0.15) is 33.6 Å². The average molecular weight is 294 g/mol. The third kappa shape index (κ3) is 3.94. The smallest absolute Gasteiger partial charge is 0.0147 e. The van der Waals surface area contributed by atoms with Crippen LogP contribution < -0.4 is 0 Å². The van der Waals surface area contributed by atoms with Crippen molar-refractivity contribution in [2.45, 2.75) is 38.9 Å². The number of hydrogen-bond acceptors (Lipinski definition) is 2. The van der Waals surface area contributed by atoms with Crippen molar-refractivity contribution in [2.24, 2.45) is 5.41 Å². The van der Waals surface area contributed by atoms with E-state index in [1.165, 1.54) is 38.2 Å². The number of thioether (sulfide) groups is 1. The lowest BCUT2D eigenvalue weighted by Crippen LogP contribution is -2.44. The summed E-state index contributed by atoms with van der Waals surface area (Å²) in [5.41, 5.74) is 0.502. The second-order valence-electron chi connectivity index (χ2n) is 4.76. The van der Waals surface area contributed by atoms with E-state index < -0.39 is 0 Å². The second-order valence-corrected chi connectivity index (χ2v) is 6.86. The third-order valence-corrected chi connectivity index (χ3v) is 5.99. The van der Waals surface area contributed by atoms with E-state index in [1.807, 2.05) is 0 Å². The van der Waals surface area contributed by atoms with Gasteiger partial charge in [-0.1, -0.05) is 36.7 Å². The van der Waals surface area contributed by atoms with Crippen LogP contribution in [0.2, 0.25) is 0 Å². The molecule has 3 heteroatoms. The van der Waals surface area contributed by atoms with E-state index in [4.69, 9.17) is 0 Å². The topological polar surface area (TPSA) is 3.24 Å². The summed E-state index contributed by atoms with van der Waals surface area (Å²) >= 11 is 5.82. The van der Waals surface area contributed by atoms with Gasteiger partial charge in [0.05, 0.1) is 0 Å². The normalized spacial score (nSPS) is 24.4. The molecule has 90 valence electrons. The van der Waals surface area contributed by atoms with Crippen molar-refractivity contribution in [3.8, 4) is 0 Å². The monoisotopic (exact) mass is 293 g/mol. The van der Waals surface area contributed by atoms with Crippen LogP contribution in [0.3, 0.4) is 0 Å². The number of rotatable bonds is 5. The fraction of sp³-hybridized carbons (Fsp3) is 1.00. The van der Waals surface area contributed by atoms with E-state index in [0.717, 1.165) is 10.6 Å². The Kier molecular flexibility index (Phi) is 6.01. The molecule has 0 aromatic carbocycles. The summed E-state index contributed by atoms with van der Waals surface area (Å²) in [5, 5.41) is 1.96. The summed E-state index contributed by atoms with van der Waals surface area (Å²) in [6, 6.07) is 0. The van der Waals surface area contributed by atoms with Crippen LogP contribution in [0, 0.1) is 5.41 Å². The van der Waals surface area contributed by atoms with Gasteiger partial charge in [0.15, 0.2) is 0 Å². The molecule has 0 bridgehead atoms. The summed E-state index contributed by atoms with van der Waals surface area (Å²) in [6.45, 7) is 10.8. The van der Waals surface area contributed by atoms with E-state index in [1.54, 1.807) is 0 Å². The zero-order valence-corrected chi connectivity index (χ0v) is 12.7. The summed E-state index contributed by atoms with van der Waals surface area (Å²) in [6.07, 6.45) is 2.57. The standard InChI is InChI=1S/C12H24BrNS/c1-4-12(5-2,9-13)10-14-6-7-15-11(3)8-14/h11H,4-10H2,1-3H3. The summed E-state index contributed by atoms with van der Waals surface area (Å²) in [4.78, 5) is 2.66. The summed E-state index contributed by atoms with van der Waals surface area (Å²) in [5.74, 6) is 1.31. The van der Waals surface area contributed by atoms with Crippen molar-refractivity contribution in [3.05, 3.63) is 0 Å². The van der Waals surface area contributed by atoms with E-state index in [9.17, 15) is 0 Å². The molecule has 1 unspecified atom stereocenters. The zero-order chi connectivity index (χ0) is 11.3. The highest BCUT2D eigenvalue weighted by atomic mass is 79.9. The second kappa shape index (κ2) is 6.51. The Bertz CT molecular complexity index is 174. The van der Waals surface area contributed by atoms with Gasteiger partial charge in [0.2, 0.25) is 0 Å². The molecule has 0 spiro atoms. The van der Waals surface area contributed by atoms with Gasteiger partial charge in [0.25, 0.3) is 0 Å². The van der Waals surface area contributed by atoms with Crippen molar-refractivity contribution >= 4 is 27.7 Å². The SMILES string of the molecule is CCC(CC)(CBr)CN1CCSC(C)C1. The maximum Gasteiger partial charge on any atom is 0.0147 e. The first-order chi connectivity index (χ1) is 7.15. The van der Waals surface area contributed by atoms with Gasteiger partial charge in [-0.25, -0.2) is 0 Å². The molecule has 15 heavy (non-hydrogen) atoms. The van der Waals surface area contributed by atoms with Gasteiger partial charge in [-0.15, -0.1) is 0 Å². The van der Waals surface area contributed by atoms with Gasteiger partial charge < -0.3 is 4.90 Å². The predicted octanol–water partition coefficient (Wildman–Crippen LogP) is 3.63. The molecule has 1 aliphatic heterocycles. The molecule has 0 aromatic rings. The molecule has 1 atom stereocenters. The molecule has 0 radical (unpaired) electrons. The van der Waals surface area contributed by atoms with Gasteiger partial charge in [0.1, 0.15) is 0 Å². The lowest BCUT2D eigenvalue weighted by atomic mass is 9.84. The molecule has 0 amide bonds. The van der Waals surface area contributed by atoms with Crippen LogP contribution in [0.25, 0.3) is 0 Å². The number of halogens is 1. The minimum Gasteiger partial charge on any atom is -0.301 e. The largest absolute Gasteiger partial charge is 0.301 e. The molecule has 1 heterocycles. The quantitative estimate of drug-likeness (QED) is 0.712. The fourth-order valence-corrected chi connectivity index (χ4v) is 4.27. The predicted molar refractivity (Wildman–Crippen MR) is 75.2 cm³/mol. The highest BCUT2D eigenvalue weighted by Crippen LogP contribution is 2.31. The molecule has 1 saturated heterocycles. The molecule has 0 saturated carbocycles. The molecule has 1 aliphatic rings. The molecular formula is C12H24BrNS. The molecular weight excluding hydrogens is 270 g/mol. The first kappa shape index (κ1) is 13.9. The van der Waals surface area contributed by atoms with Gasteiger partial charge >= 0.3 is 0 Å². The zero-order valence-electron chi connectivity index (χ0n) is 10.3. The first-order valence-electron chi connectivity index (χ1n) is 6.05. The lowest BCUT2D eigenvalue weighted by Gasteiger charge is -2.39. The van der Waals surface area contributed by atoms with E-state index in [0.29, 0.717) is 5.41 Å². The molecule has 1 rings (SSSR count). The highest BCUT2D eigenvalue weighted by molar-refractivity contribution is 9.09. The Morgan fingerprint density at radius 2 is 2.07 bits per heavy atom. The molecule has 1 nitrogen and oxygen atoms in total. The van der Waals surface area contributed by atoms with Crippen molar-refractivity contribution in [3.63, 3.8) is 0 Å². The van der Waals surface area contributed by atoms with E-state index in [-0.39, 0.29) is 0 Å². The van der Waals surface area contributed by atoms with Crippen molar-refractivity contribution in [2.75, 3.05) is 30.7 Å².